The first-order chi connectivity index (χ1) is 21.9. The van der Waals surface area contributed by atoms with Crippen LogP contribution < -0.4 is 10.6 Å². The Morgan fingerprint density at radius 2 is 1.53 bits per heavy atom. The third kappa shape index (κ3) is 9.72. The summed E-state index contributed by atoms with van der Waals surface area (Å²) in [6.45, 7) is 9.45. The largest absolute Gasteiger partial charge is 0.446 e. The van der Waals surface area contributed by atoms with Crippen LogP contribution in [0.5, 0.6) is 0 Å². The second-order valence-electron chi connectivity index (χ2n) is 11.9. The third-order valence-corrected chi connectivity index (χ3v) is 8.66. The van der Waals surface area contributed by atoms with Crippen molar-refractivity contribution in [2.45, 2.75) is 38.8 Å². The Morgan fingerprint density at radius 3 is 2.29 bits per heavy atom. The molecule has 0 unspecified atom stereocenters. The normalized spacial score (nSPS) is 16.6. The first kappa shape index (κ1) is 32.3. The van der Waals surface area contributed by atoms with Crippen LogP contribution in [-0.4, -0.2) is 97.5 Å². The number of nitrogens with zero attached hydrogens (tertiary/aromatic N) is 3. The maximum atomic E-state index is 12.7. The Bertz CT molecular complexity index is 1410. The van der Waals surface area contributed by atoms with E-state index in [1.165, 1.54) is 5.56 Å². The Labute approximate surface area is 266 Å². The minimum absolute atomic E-state index is 0.0837. The zero-order valence-corrected chi connectivity index (χ0v) is 26.2. The number of hydrogen-bond donors (Lipinski definition) is 2. The molecular formula is C36H45N5O4. The number of ketones is 1. The maximum Gasteiger partial charge on any atom is 0.411 e. The Kier molecular flexibility index (Phi) is 11.7. The fourth-order valence-electron chi connectivity index (χ4n) is 6.04. The smallest absolute Gasteiger partial charge is 0.411 e. The highest BCUT2D eigenvalue weighted by Gasteiger charge is 2.23. The van der Waals surface area contributed by atoms with Crippen molar-refractivity contribution in [3.05, 3.63) is 90.0 Å². The predicted molar refractivity (Wildman–Crippen MR) is 177 cm³/mol. The summed E-state index contributed by atoms with van der Waals surface area (Å²) < 4.78 is 5.76. The SMILES string of the molecule is CC(=O)N1CCCN(Cc2ccc(C(=O)CNCCN3CCC(OC(=O)Nc4ccccc4-c4ccccc4)CC3)cc2)CC1. The predicted octanol–water partition coefficient (Wildman–Crippen LogP) is 4.89. The van der Waals surface area contributed by atoms with Crippen LogP contribution in [0.1, 0.15) is 42.1 Å². The molecule has 0 spiro atoms. The van der Waals surface area contributed by atoms with E-state index in [-0.39, 0.29) is 17.8 Å². The molecule has 0 radical (unpaired) electrons. The quantitative estimate of drug-likeness (QED) is 0.236. The van der Waals surface area contributed by atoms with Gasteiger partial charge >= 0.3 is 6.09 Å². The molecule has 5 rings (SSSR count). The van der Waals surface area contributed by atoms with Crippen molar-refractivity contribution in [2.24, 2.45) is 0 Å². The van der Waals surface area contributed by atoms with Gasteiger partial charge in [0.05, 0.1) is 12.2 Å². The first-order valence-electron chi connectivity index (χ1n) is 16.1. The van der Waals surface area contributed by atoms with E-state index < -0.39 is 6.09 Å². The van der Waals surface area contributed by atoms with E-state index >= 15 is 0 Å². The number of nitrogens with one attached hydrogen (secondary N) is 2. The zero-order chi connectivity index (χ0) is 31.4. The lowest BCUT2D eigenvalue weighted by Gasteiger charge is -2.31. The monoisotopic (exact) mass is 611 g/mol. The minimum atomic E-state index is -0.423. The van der Waals surface area contributed by atoms with E-state index in [2.05, 4.69) is 20.4 Å². The second kappa shape index (κ2) is 16.3. The number of rotatable bonds is 11. The zero-order valence-electron chi connectivity index (χ0n) is 26.2. The van der Waals surface area contributed by atoms with Gasteiger partial charge in [0, 0.05) is 77.0 Å². The van der Waals surface area contributed by atoms with Gasteiger partial charge in [0.25, 0.3) is 0 Å². The van der Waals surface area contributed by atoms with Crippen molar-refractivity contribution in [2.75, 3.05) is 64.2 Å². The molecule has 2 aliphatic heterocycles. The van der Waals surface area contributed by atoms with Gasteiger partial charge in [0.2, 0.25) is 5.91 Å². The lowest BCUT2D eigenvalue weighted by atomic mass is 10.0. The van der Waals surface area contributed by atoms with Crippen LogP contribution in [0.25, 0.3) is 11.1 Å². The van der Waals surface area contributed by atoms with Crippen molar-refractivity contribution in [1.29, 1.82) is 0 Å². The Balaban J connectivity index is 0.966. The number of para-hydroxylation sites is 1. The molecule has 238 valence electrons. The molecule has 0 aliphatic carbocycles. The molecule has 9 nitrogen and oxygen atoms in total. The highest BCUT2D eigenvalue weighted by molar-refractivity contribution is 5.97. The molecule has 0 saturated carbocycles. The summed E-state index contributed by atoms with van der Waals surface area (Å²) in [5.41, 5.74) is 4.63. The van der Waals surface area contributed by atoms with E-state index in [1.54, 1.807) is 6.92 Å². The molecule has 2 amide bonds. The number of anilines is 1. The molecule has 2 heterocycles. The topological polar surface area (TPSA) is 94.2 Å². The average molecular weight is 612 g/mol. The summed E-state index contributed by atoms with van der Waals surface area (Å²) in [6, 6.07) is 25.6. The van der Waals surface area contributed by atoms with Crippen molar-refractivity contribution in [3.63, 3.8) is 0 Å². The van der Waals surface area contributed by atoms with Gasteiger partial charge in [-0.2, -0.15) is 0 Å². The molecule has 0 atom stereocenters. The standard InChI is InChI=1S/C36H45N5O4/c1-28(42)41-20-7-19-40(24-25-41)27-29-12-14-31(15-13-29)35(43)26-37-18-23-39-21-16-32(17-22-39)45-36(44)38-34-11-6-5-10-33(34)30-8-3-2-4-9-30/h2-6,8-15,32,37H,7,16-27H2,1H3,(H,38,44). The van der Waals surface area contributed by atoms with Gasteiger partial charge < -0.3 is 19.9 Å². The summed E-state index contributed by atoms with van der Waals surface area (Å²) in [5, 5.41) is 6.23. The molecule has 45 heavy (non-hydrogen) atoms. The van der Waals surface area contributed by atoms with Gasteiger partial charge in [-0.3, -0.25) is 19.8 Å². The molecule has 2 saturated heterocycles. The molecule has 2 fully saturated rings. The highest BCUT2D eigenvalue weighted by atomic mass is 16.6. The molecule has 0 bridgehead atoms. The summed E-state index contributed by atoms with van der Waals surface area (Å²) in [6.07, 6.45) is 2.01. The van der Waals surface area contributed by atoms with Gasteiger partial charge in [-0.15, -0.1) is 0 Å². The average Bonchev–Trinajstić information content (AvgIpc) is 3.30. The number of ether oxygens (including phenoxy) is 1. The van der Waals surface area contributed by atoms with Gasteiger partial charge in [-0.25, -0.2) is 4.79 Å². The lowest BCUT2D eigenvalue weighted by molar-refractivity contribution is -0.128. The van der Waals surface area contributed by atoms with Gasteiger partial charge in [-0.05, 0) is 36.5 Å². The van der Waals surface area contributed by atoms with E-state index in [0.29, 0.717) is 12.1 Å². The number of carbonyl (C=O) groups is 3. The van der Waals surface area contributed by atoms with Crippen LogP contribution in [0.3, 0.4) is 0 Å². The molecule has 2 aliphatic rings. The summed E-state index contributed by atoms with van der Waals surface area (Å²) >= 11 is 0. The molecule has 3 aromatic carbocycles. The van der Waals surface area contributed by atoms with Crippen LogP contribution in [-0.2, 0) is 16.1 Å². The van der Waals surface area contributed by atoms with Gasteiger partial charge in [0.15, 0.2) is 5.78 Å². The summed E-state index contributed by atoms with van der Waals surface area (Å²) in [7, 11) is 0. The van der Waals surface area contributed by atoms with Crippen LogP contribution in [0.15, 0.2) is 78.9 Å². The Hall–Kier alpha value is -4.05. The fourth-order valence-corrected chi connectivity index (χ4v) is 6.04. The maximum absolute atomic E-state index is 12.7. The summed E-state index contributed by atoms with van der Waals surface area (Å²) in [4.78, 5) is 43.7. The third-order valence-electron chi connectivity index (χ3n) is 8.66. The number of amides is 2. The lowest BCUT2D eigenvalue weighted by Crippen LogP contribution is -2.42. The Morgan fingerprint density at radius 1 is 0.800 bits per heavy atom. The highest BCUT2D eigenvalue weighted by Crippen LogP contribution is 2.28. The number of piperidine rings is 1. The molecule has 9 heteroatoms. The second-order valence-corrected chi connectivity index (χ2v) is 11.9. The van der Waals surface area contributed by atoms with Crippen LogP contribution >= 0.6 is 0 Å². The summed E-state index contributed by atoms with van der Waals surface area (Å²) in [5.74, 6) is 0.228. The number of likely N-dealkylation sites (tertiary alicyclic amines) is 1. The molecule has 0 aromatic heterocycles. The molecular weight excluding hydrogens is 566 g/mol. The van der Waals surface area contributed by atoms with Gasteiger partial charge in [-0.1, -0.05) is 72.8 Å². The number of Topliss-reactive ketones (excluding diaryl/α,β-unsaturated/α-hetero) is 1. The number of benzene rings is 3. The van der Waals surface area contributed by atoms with Crippen LogP contribution in [0.2, 0.25) is 0 Å². The van der Waals surface area contributed by atoms with Crippen molar-refractivity contribution < 1.29 is 19.1 Å². The first-order valence-corrected chi connectivity index (χ1v) is 16.1. The number of carbonyl (C=O) groups excluding carboxylic acids is 3. The number of hydrogen-bond acceptors (Lipinski definition) is 7. The molecule has 3 aromatic rings. The van der Waals surface area contributed by atoms with Crippen LogP contribution in [0.4, 0.5) is 10.5 Å². The van der Waals surface area contributed by atoms with Gasteiger partial charge in [0.1, 0.15) is 6.10 Å². The van der Waals surface area contributed by atoms with Crippen LogP contribution in [0, 0.1) is 0 Å². The van der Waals surface area contributed by atoms with Crippen molar-refractivity contribution in [3.8, 4) is 11.1 Å². The minimum Gasteiger partial charge on any atom is -0.446 e. The fraction of sp³-hybridized carbons (Fsp3) is 0.417. The van der Waals surface area contributed by atoms with E-state index in [1.807, 2.05) is 83.8 Å². The van der Waals surface area contributed by atoms with Crippen molar-refractivity contribution in [1.82, 2.24) is 20.0 Å². The van der Waals surface area contributed by atoms with E-state index in [4.69, 9.17) is 4.74 Å². The van der Waals surface area contributed by atoms with Crippen molar-refractivity contribution >= 4 is 23.5 Å². The van der Waals surface area contributed by atoms with E-state index in [0.717, 1.165) is 95.0 Å². The van der Waals surface area contributed by atoms with E-state index in [9.17, 15) is 14.4 Å². The molecule has 2 N–H and O–H groups in total.